The Hall–Kier alpha value is -2.82. The highest BCUT2D eigenvalue weighted by Gasteiger charge is 2.12. The minimum atomic E-state index is -0.140. The number of imidazole rings is 1. The first-order chi connectivity index (χ1) is 9.83. The van der Waals surface area contributed by atoms with Crippen LogP contribution in [0.1, 0.15) is 5.69 Å². The van der Waals surface area contributed by atoms with Crippen molar-refractivity contribution in [3.63, 3.8) is 0 Å². The molecule has 1 N–H and O–H groups in total. The fraction of sp³-hybridized carbons (Fsp3) is 0.0667. The molecule has 0 fully saturated rings. The minimum Gasteiger partial charge on any atom is -0.356 e. The van der Waals surface area contributed by atoms with Crippen LogP contribution in [-0.2, 0) is 6.54 Å². The minimum absolute atomic E-state index is 0.140. The number of H-pyrrole nitrogens is 1. The Bertz CT molecular complexity index is 962. The summed E-state index contributed by atoms with van der Waals surface area (Å²) in [5.74, 6) is 0. The van der Waals surface area contributed by atoms with E-state index in [9.17, 15) is 4.79 Å². The number of rotatable bonds is 2. The fourth-order valence-electron chi connectivity index (χ4n) is 2.47. The molecule has 98 valence electrons. The number of aromatic amines is 1. The lowest BCUT2D eigenvalue weighted by Gasteiger charge is -2.00. The largest absolute Gasteiger partial charge is 0.356 e. The van der Waals surface area contributed by atoms with E-state index in [2.05, 4.69) is 10.1 Å². The molecular formula is C15H11N3O2. The van der Waals surface area contributed by atoms with Crippen LogP contribution in [0.4, 0.5) is 0 Å². The molecule has 2 aromatic heterocycles. The number of hydrogen-bond acceptors (Lipinski definition) is 3. The molecule has 0 saturated carbocycles. The van der Waals surface area contributed by atoms with Gasteiger partial charge in [0.15, 0.2) is 5.58 Å². The van der Waals surface area contributed by atoms with Gasteiger partial charge >= 0.3 is 5.69 Å². The maximum Gasteiger partial charge on any atom is 0.326 e. The van der Waals surface area contributed by atoms with Gasteiger partial charge in [0, 0.05) is 5.39 Å². The molecule has 0 spiro atoms. The van der Waals surface area contributed by atoms with Crippen LogP contribution in [0.2, 0.25) is 0 Å². The molecule has 4 rings (SSSR count). The number of para-hydroxylation sites is 3. The van der Waals surface area contributed by atoms with E-state index in [4.69, 9.17) is 4.52 Å². The van der Waals surface area contributed by atoms with Crippen LogP contribution in [0.5, 0.6) is 0 Å². The zero-order chi connectivity index (χ0) is 13.5. The molecule has 0 unspecified atom stereocenters. The van der Waals surface area contributed by atoms with E-state index in [0.717, 1.165) is 27.7 Å². The number of nitrogens with one attached hydrogen (secondary N) is 1. The Balaban J connectivity index is 1.89. The van der Waals surface area contributed by atoms with E-state index in [0.29, 0.717) is 6.54 Å². The van der Waals surface area contributed by atoms with E-state index in [1.807, 2.05) is 48.5 Å². The highest BCUT2D eigenvalue weighted by atomic mass is 16.5. The summed E-state index contributed by atoms with van der Waals surface area (Å²) in [6.07, 6.45) is 0. The molecule has 0 aliphatic rings. The van der Waals surface area contributed by atoms with Gasteiger partial charge < -0.3 is 9.51 Å². The second-order valence-electron chi connectivity index (χ2n) is 4.66. The van der Waals surface area contributed by atoms with Crippen LogP contribution in [0, 0.1) is 0 Å². The molecule has 2 heterocycles. The highest BCUT2D eigenvalue weighted by molar-refractivity contribution is 5.80. The summed E-state index contributed by atoms with van der Waals surface area (Å²) >= 11 is 0. The molecule has 5 heteroatoms. The van der Waals surface area contributed by atoms with Crippen LogP contribution < -0.4 is 5.69 Å². The summed E-state index contributed by atoms with van der Waals surface area (Å²) in [6.45, 7) is 0.389. The van der Waals surface area contributed by atoms with E-state index in [1.165, 1.54) is 0 Å². The van der Waals surface area contributed by atoms with Gasteiger partial charge in [0.1, 0.15) is 5.69 Å². The smallest absolute Gasteiger partial charge is 0.326 e. The summed E-state index contributed by atoms with van der Waals surface area (Å²) < 4.78 is 6.94. The normalized spacial score (nSPS) is 11.4. The predicted molar refractivity (Wildman–Crippen MR) is 75.7 cm³/mol. The average molecular weight is 265 g/mol. The fourth-order valence-corrected chi connectivity index (χ4v) is 2.47. The van der Waals surface area contributed by atoms with Crippen molar-refractivity contribution in [1.82, 2.24) is 14.7 Å². The number of aromatic nitrogens is 3. The van der Waals surface area contributed by atoms with Crippen molar-refractivity contribution >= 4 is 22.0 Å². The van der Waals surface area contributed by atoms with Crippen LogP contribution in [0.15, 0.2) is 57.8 Å². The number of nitrogens with zero attached hydrogens (tertiary/aromatic N) is 2. The van der Waals surface area contributed by atoms with Gasteiger partial charge in [-0.05, 0) is 24.3 Å². The van der Waals surface area contributed by atoms with Gasteiger partial charge in [-0.2, -0.15) is 0 Å². The molecule has 0 amide bonds. The summed E-state index contributed by atoms with van der Waals surface area (Å²) in [4.78, 5) is 14.9. The van der Waals surface area contributed by atoms with Crippen molar-refractivity contribution in [3.8, 4) is 0 Å². The summed E-state index contributed by atoms with van der Waals surface area (Å²) in [7, 11) is 0. The van der Waals surface area contributed by atoms with Gasteiger partial charge in [-0.25, -0.2) is 4.79 Å². The summed E-state index contributed by atoms with van der Waals surface area (Å²) in [5.41, 5.74) is 3.04. The van der Waals surface area contributed by atoms with Gasteiger partial charge in [0.2, 0.25) is 0 Å². The van der Waals surface area contributed by atoms with Crippen molar-refractivity contribution in [2.45, 2.75) is 6.54 Å². The van der Waals surface area contributed by atoms with Gasteiger partial charge in [0.05, 0.1) is 17.6 Å². The van der Waals surface area contributed by atoms with Gasteiger partial charge in [-0.1, -0.05) is 29.4 Å². The molecule has 2 aromatic carbocycles. The lowest BCUT2D eigenvalue weighted by atomic mass is 10.2. The first-order valence-electron chi connectivity index (χ1n) is 6.34. The Kier molecular flexibility index (Phi) is 2.26. The monoisotopic (exact) mass is 265 g/mol. The quantitative estimate of drug-likeness (QED) is 0.605. The molecule has 4 aromatic rings. The van der Waals surface area contributed by atoms with Crippen molar-refractivity contribution < 1.29 is 4.52 Å². The average Bonchev–Trinajstić information content (AvgIpc) is 3.02. The van der Waals surface area contributed by atoms with Crippen molar-refractivity contribution in [2.75, 3.05) is 0 Å². The van der Waals surface area contributed by atoms with E-state index < -0.39 is 0 Å². The zero-order valence-corrected chi connectivity index (χ0v) is 10.5. The molecular weight excluding hydrogens is 254 g/mol. The molecule has 20 heavy (non-hydrogen) atoms. The van der Waals surface area contributed by atoms with Crippen LogP contribution in [0.25, 0.3) is 22.0 Å². The Morgan fingerprint density at radius 1 is 1.10 bits per heavy atom. The first-order valence-corrected chi connectivity index (χ1v) is 6.34. The van der Waals surface area contributed by atoms with Crippen molar-refractivity contribution in [2.24, 2.45) is 0 Å². The van der Waals surface area contributed by atoms with Gasteiger partial charge in [0.25, 0.3) is 0 Å². The number of benzene rings is 2. The number of hydrogen-bond donors (Lipinski definition) is 1. The summed E-state index contributed by atoms with van der Waals surface area (Å²) in [6, 6.07) is 15.2. The van der Waals surface area contributed by atoms with Crippen molar-refractivity contribution in [1.29, 1.82) is 0 Å². The molecule has 0 aliphatic heterocycles. The van der Waals surface area contributed by atoms with Crippen molar-refractivity contribution in [3.05, 3.63) is 64.7 Å². The second-order valence-corrected chi connectivity index (χ2v) is 4.66. The Labute approximate surface area is 113 Å². The van der Waals surface area contributed by atoms with E-state index in [-0.39, 0.29) is 5.69 Å². The first kappa shape index (κ1) is 11.0. The second kappa shape index (κ2) is 4.09. The van der Waals surface area contributed by atoms with E-state index in [1.54, 1.807) is 4.57 Å². The summed E-state index contributed by atoms with van der Waals surface area (Å²) in [5, 5.41) is 5.00. The maximum atomic E-state index is 12.0. The SMILES string of the molecule is O=c1[nH]c2ccccc2n1Cc1noc2ccccc12. The standard InChI is InChI=1S/C15H11N3O2/c19-15-16-11-6-2-3-7-13(11)18(15)9-12-10-5-1-4-8-14(10)20-17-12/h1-8H,9H2,(H,16,19). The third-order valence-corrected chi connectivity index (χ3v) is 3.44. The van der Waals surface area contributed by atoms with E-state index >= 15 is 0 Å². The Morgan fingerprint density at radius 3 is 2.85 bits per heavy atom. The van der Waals surface area contributed by atoms with Gasteiger partial charge in [-0.3, -0.25) is 4.57 Å². The number of fused-ring (bicyclic) bond motifs is 2. The lowest BCUT2D eigenvalue weighted by Crippen LogP contribution is -2.17. The highest BCUT2D eigenvalue weighted by Crippen LogP contribution is 2.19. The third kappa shape index (κ3) is 1.56. The Morgan fingerprint density at radius 2 is 1.90 bits per heavy atom. The third-order valence-electron chi connectivity index (χ3n) is 3.44. The van der Waals surface area contributed by atoms with Crippen LogP contribution in [-0.4, -0.2) is 14.7 Å². The predicted octanol–water partition coefficient (Wildman–Crippen LogP) is 2.52. The van der Waals surface area contributed by atoms with Gasteiger partial charge in [-0.15, -0.1) is 0 Å². The topological polar surface area (TPSA) is 63.8 Å². The molecule has 0 saturated heterocycles. The zero-order valence-electron chi connectivity index (χ0n) is 10.5. The lowest BCUT2D eigenvalue weighted by molar-refractivity contribution is 0.443. The molecule has 5 nitrogen and oxygen atoms in total. The van der Waals surface area contributed by atoms with Crippen LogP contribution >= 0.6 is 0 Å². The molecule has 0 atom stereocenters. The molecule has 0 radical (unpaired) electrons. The van der Waals surface area contributed by atoms with Crippen LogP contribution in [0.3, 0.4) is 0 Å². The maximum absolute atomic E-state index is 12.0. The molecule has 0 aliphatic carbocycles. The molecule has 0 bridgehead atoms.